The summed E-state index contributed by atoms with van der Waals surface area (Å²) >= 11 is 3.56. The van der Waals surface area contributed by atoms with Gasteiger partial charge in [0.15, 0.2) is 0 Å². The Kier molecular flexibility index (Phi) is 5.76. The fraction of sp³-hybridized carbons (Fsp3) is 0.294. The SMILES string of the molecule is CCCNCc1ccc(Oc2ccc(F)c(C)c2)cc1Br. The van der Waals surface area contributed by atoms with E-state index in [0.717, 1.165) is 29.7 Å². The molecule has 21 heavy (non-hydrogen) atoms. The van der Waals surface area contributed by atoms with Crippen LogP contribution in [0, 0.1) is 12.7 Å². The molecule has 2 nitrogen and oxygen atoms in total. The lowest BCUT2D eigenvalue weighted by Gasteiger charge is -2.10. The van der Waals surface area contributed by atoms with Crippen LogP contribution in [0.5, 0.6) is 11.5 Å². The molecule has 112 valence electrons. The van der Waals surface area contributed by atoms with Crippen LogP contribution >= 0.6 is 15.9 Å². The van der Waals surface area contributed by atoms with E-state index in [-0.39, 0.29) is 5.82 Å². The number of hydrogen-bond donors (Lipinski definition) is 1. The molecular weight excluding hydrogens is 333 g/mol. The van der Waals surface area contributed by atoms with Crippen molar-refractivity contribution in [2.45, 2.75) is 26.8 Å². The highest BCUT2D eigenvalue weighted by Gasteiger charge is 2.05. The average molecular weight is 352 g/mol. The van der Waals surface area contributed by atoms with Crippen molar-refractivity contribution in [3.05, 3.63) is 57.8 Å². The van der Waals surface area contributed by atoms with Gasteiger partial charge in [-0.2, -0.15) is 0 Å². The highest BCUT2D eigenvalue weighted by atomic mass is 79.9. The maximum Gasteiger partial charge on any atom is 0.128 e. The molecule has 2 rings (SSSR count). The van der Waals surface area contributed by atoms with Gasteiger partial charge in [0.05, 0.1) is 0 Å². The zero-order chi connectivity index (χ0) is 15.2. The Hall–Kier alpha value is -1.39. The lowest BCUT2D eigenvalue weighted by molar-refractivity contribution is 0.479. The highest BCUT2D eigenvalue weighted by Crippen LogP contribution is 2.28. The molecule has 0 aliphatic carbocycles. The van der Waals surface area contributed by atoms with Crippen LogP contribution in [0.2, 0.25) is 0 Å². The second kappa shape index (κ2) is 7.57. The summed E-state index contributed by atoms with van der Waals surface area (Å²) in [6, 6.07) is 10.6. The van der Waals surface area contributed by atoms with Gasteiger partial charge in [0.25, 0.3) is 0 Å². The third-order valence-corrected chi connectivity index (χ3v) is 3.87. The Balaban J connectivity index is 2.07. The molecular formula is C17H19BrFNO. The smallest absolute Gasteiger partial charge is 0.128 e. The van der Waals surface area contributed by atoms with E-state index in [9.17, 15) is 4.39 Å². The van der Waals surface area contributed by atoms with Gasteiger partial charge in [-0.15, -0.1) is 0 Å². The molecule has 0 unspecified atom stereocenters. The summed E-state index contributed by atoms with van der Waals surface area (Å²) in [4.78, 5) is 0. The normalized spacial score (nSPS) is 10.7. The zero-order valence-corrected chi connectivity index (χ0v) is 13.8. The van der Waals surface area contributed by atoms with Crippen molar-refractivity contribution in [1.29, 1.82) is 0 Å². The predicted molar refractivity (Wildman–Crippen MR) is 87.4 cm³/mol. The van der Waals surface area contributed by atoms with Crippen LogP contribution in [-0.2, 0) is 6.54 Å². The molecule has 0 spiro atoms. The summed E-state index contributed by atoms with van der Waals surface area (Å²) in [5.41, 5.74) is 1.76. The molecule has 0 amide bonds. The van der Waals surface area contributed by atoms with E-state index in [1.807, 2.05) is 18.2 Å². The monoisotopic (exact) mass is 351 g/mol. The van der Waals surface area contributed by atoms with Crippen molar-refractivity contribution in [3.63, 3.8) is 0 Å². The third kappa shape index (κ3) is 4.55. The van der Waals surface area contributed by atoms with Crippen LogP contribution in [0.4, 0.5) is 4.39 Å². The maximum absolute atomic E-state index is 13.2. The minimum absolute atomic E-state index is 0.221. The van der Waals surface area contributed by atoms with E-state index < -0.39 is 0 Å². The Bertz CT molecular complexity index is 616. The van der Waals surface area contributed by atoms with Gasteiger partial charge in [-0.1, -0.05) is 28.9 Å². The molecule has 0 saturated carbocycles. The lowest BCUT2D eigenvalue weighted by Crippen LogP contribution is -2.14. The van der Waals surface area contributed by atoms with Gasteiger partial charge in [0.2, 0.25) is 0 Å². The van der Waals surface area contributed by atoms with Gasteiger partial charge >= 0.3 is 0 Å². The first-order valence-electron chi connectivity index (χ1n) is 7.03. The minimum Gasteiger partial charge on any atom is -0.457 e. The topological polar surface area (TPSA) is 21.3 Å². The molecule has 0 fully saturated rings. The van der Waals surface area contributed by atoms with Crippen molar-refractivity contribution >= 4 is 15.9 Å². The fourth-order valence-electron chi connectivity index (χ4n) is 1.95. The molecule has 0 aliphatic rings. The molecule has 0 atom stereocenters. The van der Waals surface area contributed by atoms with Gasteiger partial charge in [-0.25, -0.2) is 4.39 Å². The Morgan fingerprint density at radius 1 is 1.14 bits per heavy atom. The summed E-state index contributed by atoms with van der Waals surface area (Å²) in [6.45, 7) is 5.69. The average Bonchev–Trinajstić information content (AvgIpc) is 2.45. The minimum atomic E-state index is -0.221. The van der Waals surface area contributed by atoms with Crippen molar-refractivity contribution in [3.8, 4) is 11.5 Å². The Morgan fingerprint density at radius 3 is 2.52 bits per heavy atom. The number of aryl methyl sites for hydroxylation is 1. The van der Waals surface area contributed by atoms with Crippen molar-refractivity contribution < 1.29 is 9.13 Å². The van der Waals surface area contributed by atoms with E-state index in [2.05, 4.69) is 28.2 Å². The molecule has 4 heteroatoms. The number of hydrogen-bond acceptors (Lipinski definition) is 2. The van der Waals surface area contributed by atoms with Gasteiger partial charge in [-0.05, 0) is 61.3 Å². The third-order valence-electron chi connectivity index (χ3n) is 3.13. The molecule has 0 aliphatic heterocycles. The molecule has 2 aromatic rings. The summed E-state index contributed by atoms with van der Waals surface area (Å²) in [6.07, 6.45) is 1.11. The number of rotatable bonds is 6. The van der Waals surface area contributed by atoms with Gasteiger partial charge < -0.3 is 10.1 Å². The van der Waals surface area contributed by atoms with Crippen LogP contribution in [0.1, 0.15) is 24.5 Å². The number of nitrogens with one attached hydrogen (secondary N) is 1. The molecule has 0 aromatic heterocycles. The number of benzene rings is 2. The van der Waals surface area contributed by atoms with E-state index in [0.29, 0.717) is 11.3 Å². The molecule has 2 aromatic carbocycles. The predicted octanol–water partition coefficient (Wildman–Crippen LogP) is 5.19. The first-order chi connectivity index (χ1) is 10.1. The first-order valence-corrected chi connectivity index (χ1v) is 7.82. The van der Waals surface area contributed by atoms with Crippen molar-refractivity contribution in [2.24, 2.45) is 0 Å². The molecule has 0 saturated heterocycles. The maximum atomic E-state index is 13.2. The van der Waals surface area contributed by atoms with Crippen LogP contribution in [0.15, 0.2) is 40.9 Å². The van der Waals surface area contributed by atoms with E-state index in [1.165, 1.54) is 11.6 Å². The highest BCUT2D eigenvalue weighted by molar-refractivity contribution is 9.10. The first kappa shape index (κ1) is 16.0. The summed E-state index contributed by atoms with van der Waals surface area (Å²) in [5, 5.41) is 3.36. The van der Waals surface area contributed by atoms with E-state index in [1.54, 1.807) is 19.1 Å². The Morgan fingerprint density at radius 2 is 1.86 bits per heavy atom. The van der Waals surface area contributed by atoms with Crippen LogP contribution in [-0.4, -0.2) is 6.54 Å². The van der Waals surface area contributed by atoms with Gasteiger partial charge in [-0.3, -0.25) is 0 Å². The van der Waals surface area contributed by atoms with Crippen LogP contribution in [0.3, 0.4) is 0 Å². The van der Waals surface area contributed by atoms with E-state index >= 15 is 0 Å². The van der Waals surface area contributed by atoms with Crippen LogP contribution < -0.4 is 10.1 Å². The van der Waals surface area contributed by atoms with Gasteiger partial charge in [0.1, 0.15) is 17.3 Å². The van der Waals surface area contributed by atoms with Crippen molar-refractivity contribution in [2.75, 3.05) is 6.54 Å². The second-order valence-corrected chi connectivity index (χ2v) is 5.80. The molecule has 1 N–H and O–H groups in total. The number of halogens is 2. The zero-order valence-electron chi connectivity index (χ0n) is 12.2. The molecule has 0 heterocycles. The largest absolute Gasteiger partial charge is 0.457 e. The Labute approximate surface area is 133 Å². The van der Waals surface area contributed by atoms with Gasteiger partial charge in [0, 0.05) is 11.0 Å². The molecule has 0 bridgehead atoms. The lowest BCUT2D eigenvalue weighted by atomic mass is 10.2. The van der Waals surface area contributed by atoms with E-state index in [4.69, 9.17) is 4.74 Å². The summed E-state index contributed by atoms with van der Waals surface area (Å²) < 4.78 is 20.0. The quantitative estimate of drug-likeness (QED) is 0.723. The number of ether oxygens (including phenoxy) is 1. The standard InChI is InChI=1S/C17H19BrFNO/c1-3-8-20-11-13-4-5-15(10-16(13)18)21-14-6-7-17(19)12(2)9-14/h4-7,9-10,20H,3,8,11H2,1-2H3. The fourth-order valence-corrected chi connectivity index (χ4v) is 2.45. The second-order valence-electron chi connectivity index (χ2n) is 4.94. The summed E-state index contributed by atoms with van der Waals surface area (Å²) in [5.74, 6) is 1.14. The molecule has 0 radical (unpaired) electrons. The van der Waals surface area contributed by atoms with Crippen molar-refractivity contribution in [1.82, 2.24) is 5.32 Å². The van der Waals surface area contributed by atoms with Crippen LogP contribution in [0.25, 0.3) is 0 Å². The summed E-state index contributed by atoms with van der Waals surface area (Å²) in [7, 11) is 0.